The van der Waals surface area contributed by atoms with Crippen molar-refractivity contribution in [3.63, 3.8) is 0 Å². The van der Waals surface area contributed by atoms with Crippen molar-refractivity contribution in [2.24, 2.45) is 0 Å². The van der Waals surface area contributed by atoms with Gasteiger partial charge in [0, 0.05) is 57.0 Å². The second-order valence-electron chi connectivity index (χ2n) is 7.55. The SMILES string of the molecule is CC(=O)N1CCc2cc(C(=O)CN3CCN(c4ccc(F)cc4F)CC3)ccc21. The third-order valence-electron chi connectivity index (χ3n) is 5.67. The van der Waals surface area contributed by atoms with Gasteiger partial charge in [-0.25, -0.2) is 8.78 Å². The van der Waals surface area contributed by atoms with E-state index in [4.69, 9.17) is 0 Å². The number of ketones is 1. The van der Waals surface area contributed by atoms with Crippen molar-refractivity contribution in [2.45, 2.75) is 13.3 Å². The average molecular weight is 399 g/mol. The molecular formula is C22H23F2N3O2. The molecule has 2 aliphatic rings. The van der Waals surface area contributed by atoms with E-state index in [9.17, 15) is 18.4 Å². The van der Waals surface area contributed by atoms with Crippen LogP contribution < -0.4 is 9.80 Å². The third kappa shape index (κ3) is 4.00. The monoisotopic (exact) mass is 399 g/mol. The fourth-order valence-corrected chi connectivity index (χ4v) is 4.08. The smallest absolute Gasteiger partial charge is 0.223 e. The molecule has 1 fully saturated rings. The van der Waals surface area contributed by atoms with Crippen LogP contribution in [0.5, 0.6) is 0 Å². The lowest BCUT2D eigenvalue weighted by Crippen LogP contribution is -2.48. The summed E-state index contributed by atoms with van der Waals surface area (Å²) in [5.74, 6) is -1.10. The Morgan fingerprint density at radius 1 is 0.931 bits per heavy atom. The van der Waals surface area contributed by atoms with E-state index in [2.05, 4.69) is 4.90 Å². The molecule has 0 radical (unpaired) electrons. The van der Waals surface area contributed by atoms with Gasteiger partial charge in [-0.2, -0.15) is 0 Å². The largest absolute Gasteiger partial charge is 0.367 e. The predicted octanol–water partition coefficient (Wildman–Crippen LogP) is 2.88. The number of hydrogen-bond donors (Lipinski definition) is 0. The molecule has 2 aromatic rings. The molecule has 0 aliphatic carbocycles. The maximum Gasteiger partial charge on any atom is 0.223 e. The number of carbonyl (C=O) groups is 2. The Morgan fingerprint density at radius 2 is 1.66 bits per heavy atom. The summed E-state index contributed by atoms with van der Waals surface area (Å²) in [7, 11) is 0. The summed E-state index contributed by atoms with van der Waals surface area (Å²) in [5, 5.41) is 0. The average Bonchev–Trinajstić information content (AvgIpc) is 3.12. The van der Waals surface area contributed by atoms with Gasteiger partial charge in [-0.15, -0.1) is 0 Å². The zero-order chi connectivity index (χ0) is 20.5. The molecular weight excluding hydrogens is 376 g/mol. The Labute approximate surface area is 168 Å². The molecule has 0 spiro atoms. The first kappa shape index (κ1) is 19.5. The van der Waals surface area contributed by atoms with E-state index in [1.54, 1.807) is 17.9 Å². The molecule has 0 aromatic heterocycles. The van der Waals surface area contributed by atoms with Crippen molar-refractivity contribution in [3.8, 4) is 0 Å². The fraction of sp³-hybridized carbons (Fsp3) is 0.364. The van der Waals surface area contributed by atoms with Gasteiger partial charge in [0.05, 0.1) is 12.2 Å². The first-order chi connectivity index (χ1) is 13.9. The zero-order valence-electron chi connectivity index (χ0n) is 16.3. The fourth-order valence-electron chi connectivity index (χ4n) is 4.08. The number of amides is 1. The van der Waals surface area contributed by atoms with Gasteiger partial charge in [-0.05, 0) is 42.3 Å². The van der Waals surface area contributed by atoms with Gasteiger partial charge in [0.2, 0.25) is 5.91 Å². The maximum absolute atomic E-state index is 14.0. The molecule has 2 aliphatic heterocycles. The second kappa shape index (κ2) is 7.91. The minimum absolute atomic E-state index is 0.0123. The van der Waals surface area contributed by atoms with Crippen LogP contribution in [0.2, 0.25) is 0 Å². The summed E-state index contributed by atoms with van der Waals surface area (Å²) in [6, 6.07) is 9.14. The van der Waals surface area contributed by atoms with Crippen molar-refractivity contribution in [1.29, 1.82) is 0 Å². The number of nitrogens with zero attached hydrogens (tertiary/aromatic N) is 3. The number of rotatable bonds is 4. The van der Waals surface area contributed by atoms with E-state index in [1.165, 1.54) is 12.1 Å². The molecule has 152 valence electrons. The molecule has 0 unspecified atom stereocenters. The first-order valence-corrected chi connectivity index (χ1v) is 9.79. The topological polar surface area (TPSA) is 43.9 Å². The van der Waals surface area contributed by atoms with E-state index >= 15 is 0 Å². The van der Waals surface area contributed by atoms with Crippen LogP contribution in [0, 0.1) is 11.6 Å². The van der Waals surface area contributed by atoms with Crippen molar-refractivity contribution < 1.29 is 18.4 Å². The van der Waals surface area contributed by atoms with Crippen molar-refractivity contribution in [2.75, 3.05) is 49.1 Å². The highest BCUT2D eigenvalue weighted by Gasteiger charge is 2.25. The number of benzene rings is 2. The second-order valence-corrected chi connectivity index (χ2v) is 7.55. The van der Waals surface area contributed by atoms with Crippen LogP contribution in [0.25, 0.3) is 0 Å². The molecule has 2 aromatic carbocycles. The van der Waals surface area contributed by atoms with E-state index < -0.39 is 11.6 Å². The highest BCUT2D eigenvalue weighted by molar-refractivity contribution is 6.00. The van der Waals surface area contributed by atoms with E-state index in [-0.39, 0.29) is 11.7 Å². The van der Waals surface area contributed by atoms with Crippen LogP contribution in [0.15, 0.2) is 36.4 Å². The van der Waals surface area contributed by atoms with Crippen molar-refractivity contribution in [1.82, 2.24) is 4.90 Å². The normalized spacial score (nSPS) is 16.8. The van der Waals surface area contributed by atoms with Crippen molar-refractivity contribution >= 4 is 23.1 Å². The minimum Gasteiger partial charge on any atom is -0.367 e. The molecule has 5 nitrogen and oxygen atoms in total. The number of hydrogen-bond acceptors (Lipinski definition) is 4. The van der Waals surface area contributed by atoms with Crippen LogP contribution in [0.1, 0.15) is 22.8 Å². The molecule has 1 amide bonds. The predicted molar refractivity (Wildman–Crippen MR) is 108 cm³/mol. The maximum atomic E-state index is 14.0. The van der Waals surface area contributed by atoms with Gasteiger partial charge in [-0.3, -0.25) is 14.5 Å². The Kier molecular flexibility index (Phi) is 5.32. The summed E-state index contributed by atoms with van der Waals surface area (Å²) in [6.07, 6.45) is 0.762. The van der Waals surface area contributed by atoms with Gasteiger partial charge < -0.3 is 9.80 Å². The Balaban J connectivity index is 1.36. The molecule has 0 atom stereocenters. The van der Waals surface area contributed by atoms with Crippen LogP contribution in [-0.4, -0.2) is 55.9 Å². The Hall–Kier alpha value is -2.80. The van der Waals surface area contributed by atoms with Gasteiger partial charge in [0.25, 0.3) is 0 Å². The van der Waals surface area contributed by atoms with E-state index in [1.807, 2.05) is 17.0 Å². The number of Topliss-reactive ketones (excluding diaryl/α,β-unsaturated/α-hetero) is 1. The molecule has 1 saturated heterocycles. The highest BCUT2D eigenvalue weighted by Crippen LogP contribution is 2.29. The zero-order valence-corrected chi connectivity index (χ0v) is 16.3. The number of piperazine rings is 1. The summed E-state index contributed by atoms with van der Waals surface area (Å²) in [4.78, 5) is 30.1. The van der Waals surface area contributed by atoms with Crippen LogP contribution >= 0.6 is 0 Å². The molecule has 0 N–H and O–H groups in total. The van der Waals surface area contributed by atoms with Crippen LogP contribution in [0.3, 0.4) is 0 Å². The summed E-state index contributed by atoms with van der Waals surface area (Å²) in [6.45, 7) is 4.92. The van der Waals surface area contributed by atoms with Crippen molar-refractivity contribution in [3.05, 3.63) is 59.2 Å². The lowest BCUT2D eigenvalue weighted by molar-refractivity contribution is -0.116. The summed E-state index contributed by atoms with van der Waals surface area (Å²) < 4.78 is 27.1. The van der Waals surface area contributed by atoms with Crippen LogP contribution in [0.4, 0.5) is 20.2 Å². The number of carbonyl (C=O) groups excluding carboxylic acids is 2. The molecule has 7 heteroatoms. The lowest BCUT2D eigenvalue weighted by Gasteiger charge is -2.35. The molecule has 2 heterocycles. The Bertz CT molecular complexity index is 955. The highest BCUT2D eigenvalue weighted by atomic mass is 19.1. The van der Waals surface area contributed by atoms with Gasteiger partial charge in [0.15, 0.2) is 5.78 Å². The third-order valence-corrected chi connectivity index (χ3v) is 5.67. The molecule has 4 rings (SSSR count). The Morgan fingerprint density at radius 3 is 2.34 bits per heavy atom. The van der Waals surface area contributed by atoms with E-state index in [0.29, 0.717) is 50.5 Å². The molecule has 0 saturated carbocycles. The van der Waals surface area contributed by atoms with Gasteiger partial charge in [0.1, 0.15) is 11.6 Å². The number of fused-ring (bicyclic) bond motifs is 1. The summed E-state index contributed by atoms with van der Waals surface area (Å²) >= 11 is 0. The standard InChI is InChI=1S/C22H23F2N3O2/c1-15(28)27-7-6-16-12-17(2-4-20(16)27)22(29)14-25-8-10-26(11-9-25)21-5-3-18(23)13-19(21)24/h2-5,12-13H,6-11,14H2,1H3. The first-order valence-electron chi connectivity index (χ1n) is 9.79. The summed E-state index contributed by atoms with van der Waals surface area (Å²) in [5.41, 5.74) is 2.97. The lowest BCUT2D eigenvalue weighted by atomic mass is 10.0. The minimum atomic E-state index is -0.587. The quantitative estimate of drug-likeness (QED) is 0.742. The number of halogens is 2. The van der Waals surface area contributed by atoms with Gasteiger partial charge >= 0.3 is 0 Å². The molecule has 29 heavy (non-hydrogen) atoms. The van der Waals surface area contributed by atoms with E-state index in [0.717, 1.165) is 23.7 Å². The van der Waals surface area contributed by atoms with Gasteiger partial charge in [-0.1, -0.05) is 0 Å². The number of anilines is 2. The molecule has 0 bridgehead atoms. The van der Waals surface area contributed by atoms with Crippen LogP contribution in [-0.2, 0) is 11.2 Å².